The highest BCUT2D eigenvalue weighted by Crippen LogP contribution is 2.21. The van der Waals surface area contributed by atoms with Crippen molar-refractivity contribution in [3.8, 4) is 0 Å². The molecule has 0 aliphatic rings. The van der Waals surface area contributed by atoms with Gasteiger partial charge in [-0.1, -0.05) is 29.3 Å². The minimum atomic E-state index is -0.578. The minimum Gasteiger partial charge on any atom is -0.459 e. The van der Waals surface area contributed by atoms with Gasteiger partial charge in [0.25, 0.3) is 5.56 Å². The SMILES string of the molecule is Cn1c(=O)c2c(ncn2CC(=O)OCc2ccc(Cl)cc2Cl)n(C)c1=O. The molecule has 0 atom stereocenters. The number of aryl methyl sites for hydroxylation is 1. The van der Waals surface area contributed by atoms with Gasteiger partial charge in [0.05, 0.1) is 6.33 Å². The van der Waals surface area contributed by atoms with Crippen LogP contribution in [0.2, 0.25) is 10.0 Å². The van der Waals surface area contributed by atoms with E-state index in [1.807, 2.05) is 0 Å². The van der Waals surface area contributed by atoms with E-state index in [-0.39, 0.29) is 24.3 Å². The van der Waals surface area contributed by atoms with Crippen LogP contribution in [0.5, 0.6) is 0 Å². The van der Waals surface area contributed by atoms with E-state index >= 15 is 0 Å². The van der Waals surface area contributed by atoms with Crippen LogP contribution in [0.3, 0.4) is 0 Å². The van der Waals surface area contributed by atoms with Crippen LogP contribution in [0.15, 0.2) is 34.1 Å². The van der Waals surface area contributed by atoms with E-state index in [1.54, 1.807) is 18.2 Å². The predicted octanol–water partition coefficient (Wildman–Crippen LogP) is 1.48. The third kappa shape index (κ3) is 3.25. The van der Waals surface area contributed by atoms with Crippen molar-refractivity contribution in [2.24, 2.45) is 14.1 Å². The van der Waals surface area contributed by atoms with Crippen LogP contribution < -0.4 is 11.2 Å². The molecule has 26 heavy (non-hydrogen) atoms. The van der Waals surface area contributed by atoms with Crippen LogP contribution in [0.4, 0.5) is 0 Å². The first-order chi connectivity index (χ1) is 12.3. The molecule has 2 heterocycles. The number of ether oxygens (including phenoxy) is 1. The first-order valence-electron chi connectivity index (χ1n) is 7.50. The van der Waals surface area contributed by atoms with Crippen molar-refractivity contribution in [2.45, 2.75) is 13.2 Å². The molecule has 0 bridgehead atoms. The van der Waals surface area contributed by atoms with Crippen LogP contribution in [0.25, 0.3) is 11.2 Å². The van der Waals surface area contributed by atoms with Crippen molar-refractivity contribution in [2.75, 3.05) is 0 Å². The second kappa shape index (κ2) is 6.97. The summed E-state index contributed by atoms with van der Waals surface area (Å²) < 4.78 is 8.75. The molecule has 3 rings (SSSR count). The Kier molecular flexibility index (Phi) is 4.88. The molecule has 0 saturated carbocycles. The maximum Gasteiger partial charge on any atom is 0.332 e. The normalized spacial score (nSPS) is 11.1. The first-order valence-corrected chi connectivity index (χ1v) is 8.25. The molecule has 0 aliphatic carbocycles. The molecule has 3 aromatic rings. The zero-order valence-corrected chi connectivity index (χ0v) is 15.4. The number of aromatic nitrogens is 4. The second-order valence-electron chi connectivity index (χ2n) is 5.65. The van der Waals surface area contributed by atoms with E-state index in [2.05, 4.69) is 4.98 Å². The molecular formula is C16H14Cl2N4O4. The van der Waals surface area contributed by atoms with Crippen molar-refractivity contribution >= 4 is 40.3 Å². The molecule has 0 N–H and O–H groups in total. The lowest BCUT2D eigenvalue weighted by Gasteiger charge is -2.08. The van der Waals surface area contributed by atoms with Gasteiger partial charge in [-0.05, 0) is 12.1 Å². The van der Waals surface area contributed by atoms with Crippen molar-refractivity contribution in [1.29, 1.82) is 0 Å². The zero-order valence-electron chi connectivity index (χ0n) is 13.9. The Balaban J connectivity index is 1.82. The molecule has 0 spiro atoms. The molecule has 0 aliphatic heterocycles. The zero-order chi connectivity index (χ0) is 19.0. The summed E-state index contributed by atoms with van der Waals surface area (Å²) in [6.07, 6.45) is 1.32. The summed E-state index contributed by atoms with van der Waals surface area (Å²) >= 11 is 11.9. The Morgan fingerprint density at radius 2 is 1.92 bits per heavy atom. The van der Waals surface area contributed by atoms with Crippen molar-refractivity contribution < 1.29 is 9.53 Å². The largest absolute Gasteiger partial charge is 0.459 e. The number of rotatable bonds is 4. The summed E-state index contributed by atoms with van der Waals surface area (Å²) in [5, 5.41) is 0.874. The number of imidazole rings is 1. The molecular weight excluding hydrogens is 383 g/mol. The molecule has 10 heteroatoms. The van der Waals surface area contributed by atoms with Gasteiger partial charge in [0.2, 0.25) is 0 Å². The van der Waals surface area contributed by atoms with Gasteiger partial charge in [-0.2, -0.15) is 0 Å². The number of hydrogen-bond acceptors (Lipinski definition) is 5. The van der Waals surface area contributed by atoms with E-state index < -0.39 is 17.2 Å². The van der Waals surface area contributed by atoms with E-state index in [9.17, 15) is 14.4 Å². The Morgan fingerprint density at radius 1 is 1.19 bits per heavy atom. The third-order valence-electron chi connectivity index (χ3n) is 3.92. The fourth-order valence-electron chi connectivity index (χ4n) is 2.50. The topological polar surface area (TPSA) is 88.1 Å². The molecule has 0 fully saturated rings. The lowest BCUT2D eigenvalue weighted by atomic mass is 10.2. The van der Waals surface area contributed by atoms with Crippen LogP contribution in [0, 0.1) is 0 Å². The van der Waals surface area contributed by atoms with Crippen molar-refractivity contribution in [1.82, 2.24) is 18.7 Å². The summed E-state index contributed by atoms with van der Waals surface area (Å²) in [5.41, 5.74) is -0.0669. The fourth-order valence-corrected chi connectivity index (χ4v) is 2.96. The van der Waals surface area contributed by atoms with Gasteiger partial charge in [-0.15, -0.1) is 0 Å². The Bertz CT molecular complexity index is 1130. The summed E-state index contributed by atoms with van der Waals surface area (Å²) in [4.78, 5) is 40.4. The molecule has 0 unspecified atom stereocenters. The molecule has 8 nitrogen and oxygen atoms in total. The van der Waals surface area contributed by atoms with Gasteiger partial charge in [0.1, 0.15) is 13.2 Å². The van der Waals surface area contributed by atoms with Gasteiger partial charge in [-0.25, -0.2) is 9.78 Å². The quantitative estimate of drug-likeness (QED) is 0.623. The number of benzene rings is 1. The highest BCUT2D eigenvalue weighted by atomic mass is 35.5. The van der Waals surface area contributed by atoms with E-state index in [4.69, 9.17) is 27.9 Å². The Labute approximate surface area is 157 Å². The number of halogens is 2. The summed E-state index contributed by atoms with van der Waals surface area (Å²) in [6, 6.07) is 4.86. The smallest absolute Gasteiger partial charge is 0.332 e. The summed E-state index contributed by atoms with van der Waals surface area (Å²) in [6.45, 7) is -0.257. The Morgan fingerprint density at radius 3 is 2.62 bits per heavy atom. The number of carbonyl (C=O) groups is 1. The average Bonchev–Trinajstić information content (AvgIpc) is 3.01. The van der Waals surface area contributed by atoms with E-state index in [1.165, 1.54) is 29.6 Å². The number of esters is 1. The molecule has 0 saturated heterocycles. The first kappa shape index (κ1) is 18.2. The summed E-state index contributed by atoms with van der Waals surface area (Å²) in [7, 11) is 2.87. The average molecular weight is 397 g/mol. The maximum absolute atomic E-state index is 12.3. The van der Waals surface area contributed by atoms with E-state index in [0.29, 0.717) is 15.6 Å². The molecule has 0 radical (unpaired) electrons. The minimum absolute atomic E-state index is 0.0298. The number of hydrogen-bond donors (Lipinski definition) is 0. The van der Waals surface area contributed by atoms with Gasteiger partial charge in [0.15, 0.2) is 11.2 Å². The van der Waals surface area contributed by atoms with Crippen LogP contribution >= 0.6 is 23.2 Å². The maximum atomic E-state index is 12.3. The van der Waals surface area contributed by atoms with Crippen LogP contribution in [-0.4, -0.2) is 24.7 Å². The van der Waals surface area contributed by atoms with E-state index in [0.717, 1.165) is 4.57 Å². The highest BCUT2D eigenvalue weighted by Gasteiger charge is 2.16. The van der Waals surface area contributed by atoms with Gasteiger partial charge >= 0.3 is 11.7 Å². The van der Waals surface area contributed by atoms with Crippen LogP contribution in [-0.2, 0) is 36.8 Å². The predicted molar refractivity (Wildman–Crippen MR) is 96.5 cm³/mol. The van der Waals surface area contributed by atoms with Crippen LogP contribution in [0.1, 0.15) is 5.56 Å². The van der Waals surface area contributed by atoms with Gasteiger partial charge in [-0.3, -0.25) is 18.7 Å². The Hall–Kier alpha value is -2.58. The van der Waals surface area contributed by atoms with Gasteiger partial charge < -0.3 is 9.30 Å². The lowest BCUT2D eigenvalue weighted by molar-refractivity contribution is -0.145. The number of nitrogens with zero attached hydrogens (tertiary/aromatic N) is 4. The van der Waals surface area contributed by atoms with Crippen molar-refractivity contribution in [3.63, 3.8) is 0 Å². The number of carbonyl (C=O) groups excluding carboxylic acids is 1. The molecule has 2 aromatic heterocycles. The fraction of sp³-hybridized carbons (Fsp3) is 0.250. The molecule has 1 aromatic carbocycles. The highest BCUT2D eigenvalue weighted by molar-refractivity contribution is 6.35. The van der Waals surface area contributed by atoms with Gasteiger partial charge in [0, 0.05) is 29.7 Å². The third-order valence-corrected chi connectivity index (χ3v) is 4.51. The van der Waals surface area contributed by atoms with Crippen molar-refractivity contribution in [3.05, 3.63) is 61.0 Å². The lowest BCUT2D eigenvalue weighted by Crippen LogP contribution is -2.37. The summed E-state index contributed by atoms with van der Waals surface area (Å²) in [5.74, 6) is -0.578. The standard InChI is InChI=1S/C16H14Cl2N4O4/c1-20-14-13(15(24)21(2)16(20)25)22(8-19-14)6-12(23)26-7-9-3-4-10(17)5-11(9)18/h3-5,8H,6-7H2,1-2H3. The molecule has 136 valence electrons. The second-order valence-corrected chi connectivity index (χ2v) is 6.49. The monoisotopic (exact) mass is 396 g/mol. The molecule has 0 amide bonds. The number of fused-ring (bicyclic) bond motifs is 1.